The molecule has 0 radical (unpaired) electrons. The molecule has 1 aromatic carbocycles. The molecule has 0 saturated heterocycles. The van der Waals surface area contributed by atoms with Crippen molar-refractivity contribution in [1.82, 2.24) is 0 Å². The average Bonchev–Trinajstić information content (AvgIpc) is 2.15. The van der Waals surface area contributed by atoms with Crippen molar-refractivity contribution < 1.29 is 22.8 Å². The first-order valence-electron chi connectivity index (χ1n) is 3.72. The normalized spacial score (nSPS) is 13.6. The van der Waals surface area contributed by atoms with Gasteiger partial charge < -0.3 is 14.4 Å². The minimum atomic E-state index is -4.71. The maximum Gasteiger partial charge on any atom is 0.168 e. The van der Waals surface area contributed by atoms with Crippen molar-refractivity contribution in [3.63, 3.8) is 0 Å². The zero-order chi connectivity index (χ0) is 10.8. The minimum Gasteiger partial charge on any atom is -0.746 e. The zero-order valence-corrected chi connectivity index (χ0v) is 8.19. The Morgan fingerprint density at radius 2 is 1.86 bits per heavy atom. The predicted molar refractivity (Wildman–Crippen MR) is 47.7 cm³/mol. The van der Waals surface area contributed by atoms with Crippen LogP contribution in [-0.2, 0) is 10.1 Å². The van der Waals surface area contributed by atoms with Gasteiger partial charge in [-0.15, -0.1) is 0 Å². The van der Waals surface area contributed by atoms with Gasteiger partial charge in [0.05, 0.1) is 7.11 Å². The van der Waals surface area contributed by atoms with Crippen molar-refractivity contribution in [2.75, 3.05) is 7.11 Å². The largest absolute Gasteiger partial charge is 0.746 e. The summed E-state index contributed by atoms with van der Waals surface area (Å²) in [7, 11) is -3.26. The summed E-state index contributed by atoms with van der Waals surface area (Å²) >= 11 is 0. The number of hydrogen-bond donors (Lipinski definition) is 1. The Balaban J connectivity index is 2.98. The summed E-state index contributed by atoms with van der Waals surface area (Å²) in [5, 5.41) is 9.08. The van der Waals surface area contributed by atoms with Crippen LogP contribution in [0, 0.1) is 0 Å². The molecule has 14 heavy (non-hydrogen) atoms. The second-order valence-electron chi connectivity index (χ2n) is 2.62. The molecular formula is C8H9O5S-. The summed E-state index contributed by atoms with van der Waals surface area (Å²) in [6, 6.07) is 5.56. The third-order valence-corrected chi connectivity index (χ3v) is 2.49. The highest BCUT2D eigenvalue weighted by Gasteiger charge is 2.14. The van der Waals surface area contributed by atoms with Crippen molar-refractivity contribution in [2.45, 2.75) is 5.44 Å². The number of benzene rings is 1. The molecule has 6 heteroatoms. The van der Waals surface area contributed by atoms with E-state index in [1.54, 1.807) is 0 Å². The van der Waals surface area contributed by atoms with Crippen LogP contribution in [0.5, 0.6) is 5.75 Å². The van der Waals surface area contributed by atoms with E-state index in [9.17, 15) is 13.0 Å². The predicted octanol–water partition coefficient (Wildman–Crippen LogP) is 0.231. The van der Waals surface area contributed by atoms with Gasteiger partial charge in [0.25, 0.3) is 0 Å². The second-order valence-corrected chi connectivity index (χ2v) is 4.05. The van der Waals surface area contributed by atoms with E-state index >= 15 is 0 Å². The van der Waals surface area contributed by atoms with E-state index in [-0.39, 0.29) is 5.56 Å². The van der Waals surface area contributed by atoms with Crippen molar-refractivity contribution in [2.24, 2.45) is 0 Å². The van der Waals surface area contributed by atoms with Crippen molar-refractivity contribution in [3.8, 4) is 5.75 Å². The Morgan fingerprint density at radius 3 is 2.21 bits per heavy atom. The highest BCUT2D eigenvalue weighted by atomic mass is 32.2. The first-order chi connectivity index (χ1) is 6.45. The molecule has 0 aliphatic carbocycles. The van der Waals surface area contributed by atoms with Crippen LogP contribution in [0.1, 0.15) is 11.0 Å². The number of ether oxygens (including phenoxy) is 1. The van der Waals surface area contributed by atoms with Gasteiger partial charge in [-0.05, 0) is 17.7 Å². The van der Waals surface area contributed by atoms with Gasteiger partial charge >= 0.3 is 0 Å². The highest BCUT2D eigenvalue weighted by molar-refractivity contribution is 7.85. The molecule has 5 nitrogen and oxygen atoms in total. The standard InChI is InChI=1S/C8H10O5S/c1-13-7-4-2-6(3-5-7)8(9)14(10,11)12/h2-5,8-9H,1H3,(H,10,11,12)/p-1/t8-/m1/s1. The molecule has 0 spiro atoms. The molecule has 0 saturated carbocycles. The number of aliphatic hydroxyl groups excluding tert-OH is 1. The first kappa shape index (κ1) is 11.0. The van der Waals surface area contributed by atoms with Gasteiger partial charge in [0, 0.05) is 0 Å². The van der Waals surface area contributed by atoms with Gasteiger partial charge in [-0.3, -0.25) is 0 Å². The third-order valence-electron chi connectivity index (χ3n) is 1.67. The maximum absolute atomic E-state index is 10.4. The SMILES string of the molecule is COc1ccc([C@H](O)S(=O)(=O)[O-])cc1. The minimum absolute atomic E-state index is 0.0285. The summed E-state index contributed by atoms with van der Waals surface area (Å²) in [4.78, 5) is 0. The van der Waals surface area contributed by atoms with Gasteiger partial charge in [0.1, 0.15) is 15.9 Å². The second kappa shape index (κ2) is 3.95. The lowest BCUT2D eigenvalue weighted by atomic mass is 10.2. The van der Waals surface area contributed by atoms with Crippen molar-refractivity contribution >= 4 is 10.1 Å². The van der Waals surface area contributed by atoms with Gasteiger partial charge in [-0.25, -0.2) is 8.42 Å². The fourth-order valence-corrected chi connectivity index (χ4v) is 1.43. The molecule has 0 heterocycles. The summed E-state index contributed by atoms with van der Waals surface area (Å²) in [5.41, 5.74) is -1.99. The Kier molecular flexibility index (Phi) is 3.10. The molecule has 0 amide bonds. The first-order valence-corrected chi connectivity index (χ1v) is 5.19. The van der Waals surface area contributed by atoms with Crippen molar-refractivity contribution in [3.05, 3.63) is 29.8 Å². The Bertz CT molecular complexity index is 394. The number of hydrogen-bond acceptors (Lipinski definition) is 5. The lowest BCUT2D eigenvalue weighted by molar-refractivity contribution is 0.236. The van der Waals surface area contributed by atoms with Crippen LogP contribution in [-0.4, -0.2) is 25.2 Å². The van der Waals surface area contributed by atoms with E-state index in [1.165, 1.54) is 31.4 Å². The maximum atomic E-state index is 10.4. The van der Waals surface area contributed by atoms with Crippen molar-refractivity contribution in [1.29, 1.82) is 0 Å². The molecule has 1 aromatic rings. The fraction of sp³-hybridized carbons (Fsp3) is 0.250. The molecule has 0 aliphatic heterocycles. The molecule has 0 fully saturated rings. The van der Waals surface area contributed by atoms with Crippen LogP contribution in [0.15, 0.2) is 24.3 Å². The van der Waals surface area contributed by atoms with Crippen LogP contribution >= 0.6 is 0 Å². The van der Waals surface area contributed by atoms with Crippen LogP contribution in [0.3, 0.4) is 0 Å². The van der Waals surface area contributed by atoms with Crippen LogP contribution in [0.2, 0.25) is 0 Å². The van der Waals surface area contributed by atoms with Crippen LogP contribution < -0.4 is 4.74 Å². The summed E-state index contributed by atoms with van der Waals surface area (Å²) in [6.45, 7) is 0. The van der Waals surface area contributed by atoms with E-state index in [0.29, 0.717) is 5.75 Å². The van der Waals surface area contributed by atoms with E-state index < -0.39 is 15.6 Å². The lowest BCUT2D eigenvalue weighted by Crippen LogP contribution is -2.11. The quantitative estimate of drug-likeness (QED) is 0.732. The Hall–Kier alpha value is -1.11. The lowest BCUT2D eigenvalue weighted by Gasteiger charge is -2.15. The topological polar surface area (TPSA) is 86.7 Å². The molecule has 78 valence electrons. The fourth-order valence-electron chi connectivity index (χ4n) is 0.935. The Labute approximate surface area is 81.7 Å². The van der Waals surface area contributed by atoms with Gasteiger partial charge in [-0.2, -0.15) is 0 Å². The highest BCUT2D eigenvalue weighted by Crippen LogP contribution is 2.20. The summed E-state index contributed by atoms with van der Waals surface area (Å²) < 4.78 is 36.2. The molecule has 0 aliphatic rings. The Morgan fingerprint density at radius 1 is 1.36 bits per heavy atom. The zero-order valence-electron chi connectivity index (χ0n) is 7.38. The molecular weight excluding hydrogens is 208 g/mol. The van der Waals surface area contributed by atoms with Gasteiger partial charge in [-0.1, -0.05) is 12.1 Å². The summed E-state index contributed by atoms with van der Waals surface area (Å²) in [6.07, 6.45) is 0. The van der Waals surface area contributed by atoms with E-state index in [2.05, 4.69) is 0 Å². The molecule has 0 bridgehead atoms. The van der Waals surface area contributed by atoms with Crippen LogP contribution in [0.25, 0.3) is 0 Å². The molecule has 1 N–H and O–H groups in total. The molecule has 0 aromatic heterocycles. The summed E-state index contributed by atoms with van der Waals surface area (Å²) in [5.74, 6) is 0.518. The number of aliphatic hydroxyl groups is 1. The van der Waals surface area contributed by atoms with E-state index in [0.717, 1.165) is 0 Å². The molecule has 1 rings (SSSR count). The van der Waals surface area contributed by atoms with E-state index in [1.807, 2.05) is 0 Å². The van der Waals surface area contributed by atoms with Crippen LogP contribution in [0.4, 0.5) is 0 Å². The monoisotopic (exact) mass is 217 g/mol. The third kappa shape index (κ3) is 2.44. The van der Waals surface area contributed by atoms with Gasteiger partial charge in [0.2, 0.25) is 0 Å². The smallest absolute Gasteiger partial charge is 0.168 e. The van der Waals surface area contributed by atoms with Gasteiger partial charge in [0.15, 0.2) is 5.44 Å². The van der Waals surface area contributed by atoms with E-state index in [4.69, 9.17) is 9.84 Å². The average molecular weight is 217 g/mol. The molecule has 0 unspecified atom stereocenters. The molecule has 1 atom stereocenters. The number of methoxy groups -OCH3 is 1. The number of rotatable bonds is 3.